The van der Waals surface area contributed by atoms with E-state index in [2.05, 4.69) is 5.43 Å². The third-order valence-electron chi connectivity index (χ3n) is 2.99. The number of benzene rings is 1. The van der Waals surface area contributed by atoms with E-state index in [-0.39, 0.29) is 11.3 Å². The molecule has 0 saturated heterocycles. The molecule has 9 heteroatoms. The van der Waals surface area contributed by atoms with Gasteiger partial charge in [0.05, 0.1) is 23.1 Å². The number of halogens is 3. The monoisotopic (exact) mass is 343 g/mol. The fourth-order valence-electron chi connectivity index (χ4n) is 1.92. The van der Waals surface area contributed by atoms with Crippen LogP contribution in [0.15, 0.2) is 41.0 Å². The van der Waals surface area contributed by atoms with Crippen LogP contribution in [0.3, 0.4) is 0 Å². The Morgan fingerprint density at radius 2 is 1.96 bits per heavy atom. The van der Waals surface area contributed by atoms with Gasteiger partial charge in [-0.15, -0.1) is 0 Å². The average molecular weight is 343 g/mol. The smallest absolute Gasteiger partial charge is 0.418 e. The molecule has 2 rings (SSSR count). The predicted molar refractivity (Wildman–Crippen MR) is 81.6 cm³/mol. The number of hydrogen-bond donors (Lipinski definition) is 2. The van der Waals surface area contributed by atoms with E-state index in [1.165, 1.54) is 24.5 Å². The van der Waals surface area contributed by atoms with Crippen molar-refractivity contribution in [3.05, 3.63) is 53.5 Å². The van der Waals surface area contributed by atoms with Gasteiger partial charge in [-0.1, -0.05) is 12.1 Å². The summed E-state index contributed by atoms with van der Waals surface area (Å²) in [6.45, 7) is 1.55. The summed E-state index contributed by atoms with van der Waals surface area (Å²) in [5, 5.41) is 0.281. The van der Waals surface area contributed by atoms with E-state index in [9.17, 15) is 18.0 Å². The second-order valence-electron chi connectivity index (χ2n) is 4.52. The molecule has 1 heterocycles. The number of para-hydroxylation sites is 1. The van der Waals surface area contributed by atoms with Crippen LogP contribution < -0.4 is 16.2 Å². The molecule has 0 atom stereocenters. The van der Waals surface area contributed by atoms with Crippen molar-refractivity contribution in [3.8, 4) is 0 Å². The summed E-state index contributed by atoms with van der Waals surface area (Å²) in [5.41, 5.74) is 6.54. The number of hydrogen-bond acceptors (Lipinski definition) is 3. The van der Waals surface area contributed by atoms with Crippen molar-refractivity contribution in [2.75, 3.05) is 5.01 Å². The summed E-state index contributed by atoms with van der Waals surface area (Å²) in [6, 6.07) is 6.02. The van der Waals surface area contributed by atoms with Gasteiger partial charge in [0.2, 0.25) is 0 Å². The summed E-state index contributed by atoms with van der Waals surface area (Å²) in [7, 11) is 0. The third-order valence-corrected chi connectivity index (χ3v) is 3.17. The Balaban J connectivity index is 2.39. The summed E-state index contributed by atoms with van der Waals surface area (Å²) < 4.78 is 44.3. The number of hydrazine groups is 1. The highest BCUT2D eigenvalue weighted by Crippen LogP contribution is 2.36. The zero-order chi connectivity index (χ0) is 17.2. The number of alkyl halides is 3. The van der Waals surface area contributed by atoms with Gasteiger partial charge in [-0.25, -0.2) is 5.01 Å². The Hall–Kier alpha value is -2.55. The number of furan rings is 1. The highest BCUT2D eigenvalue weighted by atomic mass is 32.1. The highest BCUT2D eigenvalue weighted by Gasteiger charge is 2.35. The number of nitrogens with two attached hydrogens (primary N) is 1. The van der Waals surface area contributed by atoms with Crippen LogP contribution in [0.1, 0.15) is 21.7 Å². The molecule has 0 aliphatic rings. The lowest BCUT2D eigenvalue weighted by atomic mass is 10.1. The Morgan fingerprint density at radius 1 is 1.30 bits per heavy atom. The van der Waals surface area contributed by atoms with Crippen molar-refractivity contribution < 1.29 is 22.4 Å². The first kappa shape index (κ1) is 16.8. The minimum absolute atomic E-state index is 0.163. The summed E-state index contributed by atoms with van der Waals surface area (Å²) in [4.78, 5) is 12.2. The summed E-state index contributed by atoms with van der Waals surface area (Å²) in [6.07, 6.45) is -3.34. The SMILES string of the molecule is Cc1occc1C(=O)NN(C(N)=S)c1ccccc1C(F)(F)F. The van der Waals surface area contributed by atoms with Crippen LogP contribution >= 0.6 is 12.2 Å². The van der Waals surface area contributed by atoms with E-state index in [1.54, 1.807) is 6.92 Å². The molecule has 0 saturated carbocycles. The molecule has 122 valence electrons. The number of nitrogens with one attached hydrogen (secondary N) is 1. The molecule has 1 aromatic carbocycles. The quantitative estimate of drug-likeness (QED) is 0.648. The number of amides is 1. The lowest BCUT2D eigenvalue weighted by molar-refractivity contribution is -0.137. The molecule has 0 fully saturated rings. The van der Waals surface area contributed by atoms with Gasteiger partial charge < -0.3 is 10.2 Å². The molecule has 0 bridgehead atoms. The Kier molecular flexibility index (Phi) is 4.60. The van der Waals surface area contributed by atoms with Crippen LogP contribution in [-0.4, -0.2) is 11.0 Å². The topological polar surface area (TPSA) is 71.5 Å². The normalized spacial score (nSPS) is 11.1. The minimum Gasteiger partial charge on any atom is -0.469 e. The van der Waals surface area contributed by atoms with Crippen molar-refractivity contribution in [1.82, 2.24) is 5.43 Å². The average Bonchev–Trinajstić information content (AvgIpc) is 2.89. The van der Waals surface area contributed by atoms with Crippen molar-refractivity contribution in [2.24, 2.45) is 5.73 Å². The maximum atomic E-state index is 13.1. The lowest BCUT2D eigenvalue weighted by Gasteiger charge is -2.26. The molecule has 3 N–H and O–H groups in total. The molecule has 0 radical (unpaired) electrons. The Morgan fingerprint density at radius 3 is 2.48 bits per heavy atom. The predicted octanol–water partition coefficient (Wildman–Crippen LogP) is 3.00. The first-order valence-corrected chi connectivity index (χ1v) is 6.73. The number of carbonyl (C=O) groups is 1. The van der Waals surface area contributed by atoms with Gasteiger partial charge in [-0.05, 0) is 37.3 Å². The third kappa shape index (κ3) is 3.62. The van der Waals surface area contributed by atoms with Crippen LogP contribution in [0, 0.1) is 6.92 Å². The molecule has 0 aliphatic heterocycles. The van der Waals surface area contributed by atoms with Crippen LogP contribution in [0.4, 0.5) is 18.9 Å². The molecular formula is C14H12F3N3O2S. The molecule has 1 aromatic heterocycles. The number of nitrogens with zero attached hydrogens (tertiary/aromatic N) is 1. The zero-order valence-electron chi connectivity index (χ0n) is 11.8. The molecule has 0 aliphatic carbocycles. The van der Waals surface area contributed by atoms with Crippen LogP contribution in [-0.2, 0) is 6.18 Å². The van der Waals surface area contributed by atoms with Gasteiger partial charge in [0.1, 0.15) is 5.76 Å². The zero-order valence-corrected chi connectivity index (χ0v) is 12.7. The first-order valence-electron chi connectivity index (χ1n) is 6.32. The number of thiocarbonyl (C=S) groups is 1. The molecule has 5 nitrogen and oxygen atoms in total. The molecule has 0 spiro atoms. The molecule has 2 aromatic rings. The van der Waals surface area contributed by atoms with Gasteiger partial charge in [-0.2, -0.15) is 13.2 Å². The lowest BCUT2D eigenvalue weighted by Crippen LogP contribution is -2.49. The van der Waals surface area contributed by atoms with Gasteiger partial charge in [0, 0.05) is 0 Å². The van der Waals surface area contributed by atoms with E-state index >= 15 is 0 Å². The molecule has 0 unspecified atom stereocenters. The van der Waals surface area contributed by atoms with E-state index in [1.807, 2.05) is 0 Å². The van der Waals surface area contributed by atoms with Crippen molar-refractivity contribution in [3.63, 3.8) is 0 Å². The Bertz CT molecular complexity index is 743. The number of rotatable bonds is 2. The van der Waals surface area contributed by atoms with E-state index < -0.39 is 22.8 Å². The fraction of sp³-hybridized carbons (Fsp3) is 0.143. The standard InChI is InChI=1S/C14H12F3N3O2S/c1-8-9(6-7-22-8)12(21)19-20(13(18)23)11-5-3-2-4-10(11)14(15,16)17/h2-7H,1H3,(H2,18,23)(H,19,21). The van der Waals surface area contributed by atoms with Gasteiger partial charge >= 0.3 is 6.18 Å². The number of aryl methyl sites for hydroxylation is 1. The van der Waals surface area contributed by atoms with Gasteiger partial charge in [-0.3, -0.25) is 10.2 Å². The second-order valence-corrected chi connectivity index (χ2v) is 4.94. The minimum atomic E-state index is -4.63. The summed E-state index contributed by atoms with van der Waals surface area (Å²) >= 11 is 4.76. The van der Waals surface area contributed by atoms with Gasteiger partial charge in [0.25, 0.3) is 5.91 Å². The number of carbonyl (C=O) groups excluding carboxylic acids is 1. The van der Waals surface area contributed by atoms with E-state index in [0.29, 0.717) is 10.8 Å². The van der Waals surface area contributed by atoms with Crippen molar-refractivity contribution in [2.45, 2.75) is 13.1 Å². The van der Waals surface area contributed by atoms with Crippen molar-refractivity contribution >= 4 is 28.9 Å². The first-order chi connectivity index (χ1) is 10.7. The summed E-state index contributed by atoms with van der Waals surface area (Å²) in [5.74, 6) is -0.379. The maximum Gasteiger partial charge on any atom is 0.418 e. The molecule has 23 heavy (non-hydrogen) atoms. The Labute approximate surface area is 134 Å². The molecular weight excluding hydrogens is 331 g/mol. The van der Waals surface area contributed by atoms with Gasteiger partial charge in [0.15, 0.2) is 5.11 Å². The second kappa shape index (κ2) is 6.29. The van der Waals surface area contributed by atoms with E-state index in [4.69, 9.17) is 22.4 Å². The number of anilines is 1. The van der Waals surface area contributed by atoms with Crippen LogP contribution in [0.25, 0.3) is 0 Å². The molecule has 1 amide bonds. The highest BCUT2D eigenvalue weighted by molar-refractivity contribution is 7.80. The van der Waals surface area contributed by atoms with Crippen LogP contribution in [0.2, 0.25) is 0 Å². The maximum absolute atomic E-state index is 13.1. The van der Waals surface area contributed by atoms with Crippen molar-refractivity contribution in [1.29, 1.82) is 0 Å². The fourth-order valence-corrected chi connectivity index (χ4v) is 2.07. The van der Waals surface area contributed by atoms with Crippen LogP contribution in [0.5, 0.6) is 0 Å². The largest absolute Gasteiger partial charge is 0.469 e. The van der Waals surface area contributed by atoms with E-state index in [0.717, 1.165) is 12.1 Å².